The Kier molecular flexibility index (Phi) is 13.7. The number of anilines is 3. The van der Waals surface area contributed by atoms with Gasteiger partial charge in [0.15, 0.2) is 11.4 Å². The van der Waals surface area contributed by atoms with Crippen LogP contribution in [-0.2, 0) is 32.2 Å². The number of nitro groups is 1. The maximum Gasteiger partial charge on any atom is 0.419 e. The number of hydrogen-bond donors (Lipinski definition) is 2. The summed E-state index contributed by atoms with van der Waals surface area (Å²) in [6.45, 7) is 10.7. The molecule has 5 aliphatic heterocycles. The average Bonchev–Trinajstić information content (AvgIpc) is 3.35. The fourth-order valence-electron chi connectivity index (χ4n) is 11.8. The molecule has 10 rings (SSSR count). The number of carbonyl (C=O) groups is 1. The summed E-state index contributed by atoms with van der Waals surface area (Å²) in [4.78, 5) is 37.7. The van der Waals surface area contributed by atoms with Gasteiger partial charge < -0.3 is 29.3 Å². The summed E-state index contributed by atoms with van der Waals surface area (Å²) in [5.74, 6) is -0.678. The van der Waals surface area contributed by atoms with E-state index in [0.29, 0.717) is 57.7 Å². The number of piperidine rings is 1. The third-order valence-corrected chi connectivity index (χ3v) is 17.1. The molecular formula is C51H61F3N8O8S. The lowest BCUT2D eigenvalue weighted by molar-refractivity contribution is -0.384. The highest BCUT2D eigenvalue weighted by molar-refractivity contribution is 7.90. The third-order valence-electron chi connectivity index (χ3n) is 15.8. The van der Waals surface area contributed by atoms with Gasteiger partial charge in [-0.05, 0) is 111 Å². The van der Waals surface area contributed by atoms with Crippen molar-refractivity contribution < 1.29 is 45.5 Å². The second-order valence-corrected chi connectivity index (χ2v) is 22.0. The predicted molar refractivity (Wildman–Crippen MR) is 260 cm³/mol. The van der Waals surface area contributed by atoms with Crippen LogP contribution < -0.4 is 24.6 Å². The van der Waals surface area contributed by atoms with Gasteiger partial charge in [0, 0.05) is 101 Å². The number of aromatic nitrogens is 1. The zero-order valence-corrected chi connectivity index (χ0v) is 40.9. The molecule has 1 aliphatic carbocycles. The van der Waals surface area contributed by atoms with Gasteiger partial charge in [0.25, 0.3) is 21.6 Å². The molecular weight excluding hydrogens is 942 g/mol. The Balaban J connectivity index is 0.750. The number of nitro benzene ring substituents is 1. The zero-order chi connectivity index (χ0) is 49.7. The molecule has 5 fully saturated rings. The van der Waals surface area contributed by atoms with Crippen LogP contribution in [0.15, 0.2) is 77.8 Å². The van der Waals surface area contributed by atoms with E-state index in [4.69, 9.17) is 14.2 Å². The van der Waals surface area contributed by atoms with Crippen LogP contribution >= 0.6 is 0 Å². The van der Waals surface area contributed by atoms with Crippen molar-refractivity contribution in [2.24, 2.45) is 11.3 Å². The van der Waals surface area contributed by atoms with Crippen LogP contribution in [0.5, 0.6) is 5.75 Å². The number of pyridine rings is 1. The number of halogens is 3. The number of benzene rings is 3. The van der Waals surface area contributed by atoms with Crippen LogP contribution in [0.3, 0.4) is 0 Å². The van der Waals surface area contributed by atoms with Crippen LogP contribution in [-0.4, -0.2) is 124 Å². The predicted octanol–water partition coefficient (Wildman–Crippen LogP) is 7.57. The molecule has 3 atom stereocenters. The van der Waals surface area contributed by atoms with Crippen molar-refractivity contribution in [3.8, 4) is 5.75 Å². The SMILES string of the molecule is Cc1ccccc1[C@@H]1CN(Cc2cnc(N3CCOC[C@@H]3C)c(C(F)(F)F)c2)CCN1C1CC2(CCN(c3ccc(C(=O)NS(=O)(=O)c4cc5c(c([N+](=O)[O-])c4)N[C@H](C4CCOCC4)CO5)cc3)CC2)C1. The van der Waals surface area contributed by atoms with Gasteiger partial charge in [-0.3, -0.25) is 24.7 Å². The molecule has 2 N–H and O–H groups in total. The Hall–Kier alpha value is -5.54. The van der Waals surface area contributed by atoms with Gasteiger partial charge in [-0.25, -0.2) is 18.1 Å². The molecule has 4 aromatic rings. The molecule has 0 bridgehead atoms. The Labute approximate surface area is 412 Å². The van der Waals surface area contributed by atoms with Crippen LogP contribution in [0.4, 0.5) is 36.1 Å². The van der Waals surface area contributed by atoms with Crippen LogP contribution in [0.1, 0.15) is 84.1 Å². The van der Waals surface area contributed by atoms with E-state index in [0.717, 1.165) is 76.5 Å². The van der Waals surface area contributed by atoms with Gasteiger partial charge >= 0.3 is 6.18 Å². The Morgan fingerprint density at radius 3 is 2.41 bits per heavy atom. The van der Waals surface area contributed by atoms with Crippen LogP contribution in [0.25, 0.3) is 0 Å². The fraction of sp³-hybridized carbons (Fsp3) is 0.529. The minimum atomic E-state index is -4.54. The second kappa shape index (κ2) is 19.8. The molecule has 71 heavy (non-hydrogen) atoms. The Morgan fingerprint density at radius 2 is 1.70 bits per heavy atom. The first-order valence-electron chi connectivity index (χ1n) is 24.7. The van der Waals surface area contributed by atoms with Crippen molar-refractivity contribution in [1.82, 2.24) is 19.5 Å². The van der Waals surface area contributed by atoms with Crippen molar-refractivity contribution in [2.45, 2.75) is 94.2 Å². The summed E-state index contributed by atoms with van der Waals surface area (Å²) in [5.41, 5.74) is 3.17. The highest BCUT2D eigenvalue weighted by Crippen LogP contribution is 2.53. The molecule has 6 aliphatic rings. The van der Waals surface area contributed by atoms with Gasteiger partial charge in [0.05, 0.1) is 40.7 Å². The highest BCUT2D eigenvalue weighted by Gasteiger charge is 2.50. The molecule has 1 saturated carbocycles. The number of sulfonamides is 1. The zero-order valence-electron chi connectivity index (χ0n) is 40.0. The van der Waals surface area contributed by atoms with E-state index >= 15 is 0 Å². The summed E-state index contributed by atoms with van der Waals surface area (Å²) in [7, 11) is -4.52. The van der Waals surface area contributed by atoms with Crippen LogP contribution in [0.2, 0.25) is 0 Å². The minimum absolute atomic E-state index is 0.0341. The lowest BCUT2D eigenvalue weighted by Crippen LogP contribution is -2.59. The average molecular weight is 1000 g/mol. The molecule has 0 unspecified atom stereocenters. The summed E-state index contributed by atoms with van der Waals surface area (Å²) < 4.78 is 89.5. The Morgan fingerprint density at radius 1 is 0.958 bits per heavy atom. The van der Waals surface area contributed by atoms with Crippen molar-refractivity contribution in [1.29, 1.82) is 0 Å². The number of piperazine rings is 1. The maximum atomic E-state index is 14.5. The lowest BCUT2D eigenvalue weighted by Gasteiger charge is -2.58. The van der Waals surface area contributed by atoms with E-state index in [1.165, 1.54) is 23.3 Å². The largest absolute Gasteiger partial charge is 0.489 e. The third kappa shape index (κ3) is 10.3. The minimum Gasteiger partial charge on any atom is -0.489 e. The normalized spacial score (nSPS) is 23.6. The lowest BCUT2D eigenvalue weighted by atomic mass is 9.59. The summed E-state index contributed by atoms with van der Waals surface area (Å²) in [6.07, 6.45) is 2.72. The number of carbonyl (C=O) groups excluding carboxylic acids is 1. The van der Waals surface area contributed by atoms with Gasteiger partial charge in [-0.2, -0.15) is 13.2 Å². The van der Waals surface area contributed by atoms with Crippen LogP contribution in [0, 0.1) is 28.4 Å². The first kappa shape index (κ1) is 49.1. The number of nitrogens with one attached hydrogen (secondary N) is 2. The molecule has 1 spiro atoms. The molecule has 6 heterocycles. The number of amides is 1. The smallest absolute Gasteiger partial charge is 0.419 e. The molecule has 20 heteroatoms. The number of aryl methyl sites for hydroxylation is 1. The van der Waals surface area contributed by atoms with E-state index in [-0.39, 0.29) is 58.9 Å². The monoisotopic (exact) mass is 1000 g/mol. The summed E-state index contributed by atoms with van der Waals surface area (Å²) in [5, 5.41) is 15.4. The molecule has 3 aromatic carbocycles. The van der Waals surface area contributed by atoms with E-state index in [1.54, 1.807) is 23.2 Å². The topological polar surface area (TPSA) is 172 Å². The second-order valence-electron chi connectivity index (χ2n) is 20.3. The number of hydrogen-bond acceptors (Lipinski definition) is 14. The number of nitrogens with zero attached hydrogens (tertiary/aromatic N) is 6. The standard InChI is InChI=1S/C51H61F3N8O8S/c1-33-5-3-4-6-41(33)45-30-58(29-35-23-42(51(52,53)54)48(55-28-35)60-19-22-69-31-34(60)2)17-18-61(45)39-26-50(27-39)13-15-59(16-14-50)38-9-7-37(8-10-38)49(63)57-71(66,67)40-24-44(62(64)65)47-46(25-40)70-32-43(56-47)36-11-20-68-21-12-36/h3-10,23-25,28,34,36,39,43,45,56H,11-22,26-27,29-32H2,1-2H3,(H,57,63)/t34-,43-,45-/m0/s1. The number of ether oxygens (including phenoxy) is 3. The molecule has 0 radical (unpaired) electrons. The van der Waals surface area contributed by atoms with Crippen molar-refractivity contribution in [3.05, 3.63) is 111 Å². The fourth-order valence-corrected chi connectivity index (χ4v) is 12.8. The number of rotatable bonds is 11. The molecule has 380 valence electrons. The number of alkyl halides is 3. The van der Waals surface area contributed by atoms with Crippen molar-refractivity contribution in [3.63, 3.8) is 0 Å². The van der Waals surface area contributed by atoms with Crippen molar-refractivity contribution >= 4 is 38.8 Å². The highest BCUT2D eigenvalue weighted by atomic mass is 32.2. The summed E-state index contributed by atoms with van der Waals surface area (Å²) >= 11 is 0. The first-order valence-corrected chi connectivity index (χ1v) is 26.2. The molecule has 1 aromatic heterocycles. The van der Waals surface area contributed by atoms with E-state index in [1.807, 2.05) is 25.1 Å². The number of morpholine rings is 1. The molecule has 4 saturated heterocycles. The maximum absolute atomic E-state index is 14.5. The van der Waals surface area contributed by atoms with E-state index in [2.05, 4.69) is 54.8 Å². The summed E-state index contributed by atoms with van der Waals surface area (Å²) in [6, 6.07) is 18.7. The van der Waals surface area contributed by atoms with Gasteiger partial charge in [-0.15, -0.1) is 0 Å². The van der Waals surface area contributed by atoms with Crippen molar-refractivity contribution in [2.75, 3.05) is 87.4 Å². The van der Waals surface area contributed by atoms with Gasteiger partial charge in [-0.1, -0.05) is 24.3 Å². The first-order chi connectivity index (χ1) is 34.0. The Bertz CT molecular complexity index is 2730. The quantitative estimate of drug-likeness (QED) is 0.111. The number of fused-ring (bicyclic) bond motifs is 1. The van der Waals surface area contributed by atoms with Gasteiger partial charge in [0.2, 0.25) is 0 Å². The van der Waals surface area contributed by atoms with E-state index < -0.39 is 43.2 Å². The molecule has 1 amide bonds. The van der Waals surface area contributed by atoms with Gasteiger partial charge in [0.1, 0.15) is 12.4 Å². The van der Waals surface area contributed by atoms with E-state index in [9.17, 15) is 36.5 Å². The molecule has 16 nitrogen and oxygen atoms in total.